The lowest BCUT2D eigenvalue weighted by Crippen LogP contribution is -2.30. The zero-order valence-electron chi connectivity index (χ0n) is 52.8. The van der Waals surface area contributed by atoms with Gasteiger partial charge >= 0.3 is 17.9 Å². The first kappa shape index (κ1) is 76.5. The maximum absolute atomic E-state index is 12.9. The lowest BCUT2D eigenvalue weighted by atomic mass is 10.0. The van der Waals surface area contributed by atoms with Gasteiger partial charge in [0, 0.05) is 19.3 Å². The summed E-state index contributed by atoms with van der Waals surface area (Å²) in [6, 6.07) is 0. The van der Waals surface area contributed by atoms with Crippen LogP contribution >= 0.6 is 0 Å². The van der Waals surface area contributed by atoms with Crippen molar-refractivity contribution >= 4 is 17.9 Å². The maximum Gasteiger partial charge on any atom is 0.306 e. The van der Waals surface area contributed by atoms with Crippen LogP contribution in [-0.2, 0) is 28.6 Å². The molecule has 0 bridgehead atoms. The van der Waals surface area contributed by atoms with Gasteiger partial charge in [-0.1, -0.05) is 283 Å². The molecule has 0 aliphatic rings. The summed E-state index contributed by atoms with van der Waals surface area (Å²) in [5.41, 5.74) is 0. The van der Waals surface area contributed by atoms with Gasteiger partial charge < -0.3 is 14.2 Å². The smallest absolute Gasteiger partial charge is 0.306 e. The Bertz CT molecular complexity index is 1720. The first-order valence-electron chi connectivity index (χ1n) is 33.7. The van der Waals surface area contributed by atoms with Gasteiger partial charge in [-0.3, -0.25) is 14.4 Å². The van der Waals surface area contributed by atoms with E-state index in [9.17, 15) is 14.4 Å². The van der Waals surface area contributed by atoms with Crippen LogP contribution in [0.25, 0.3) is 0 Å². The summed E-state index contributed by atoms with van der Waals surface area (Å²) < 4.78 is 16.9. The highest BCUT2D eigenvalue weighted by Gasteiger charge is 2.19. The molecule has 0 saturated carbocycles. The molecule has 0 amide bonds. The summed E-state index contributed by atoms with van der Waals surface area (Å²) in [5.74, 6) is -0.945. The Hall–Kier alpha value is -4.45. The molecule has 0 spiro atoms. The molecular formula is C75H124O6. The quantitative estimate of drug-likeness (QED) is 0.0261. The second-order valence-corrected chi connectivity index (χ2v) is 22.0. The summed E-state index contributed by atoms with van der Waals surface area (Å²) >= 11 is 0. The average molecular weight is 1120 g/mol. The Morgan fingerprint density at radius 3 is 0.778 bits per heavy atom. The lowest BCUT2D eigenvalue weighted by molar-refractivity contribution is -0.167. The molecule has 0 aromatic rings. The molecule has 1 atom stereocenters. The fraction of sp³-hybridized carbons (Fsp3) is 0.667. The summed E-state index contributed by atoms with van der Waals surface area (Å²) in [6.45, 7) is 6.38. The summed E-state index contributed by atoms with van der Waals surface area (Å²) in [5, 5.41) is 0. The Morgan fingerprint density at radius 1 is 0.259 bits per heavy atom. The maximum atomic E-state index is 12.9. The molecular weight excluding hydrogens is 997 g/mol. The van der Waals surface area contributed by atoms with Crippen LogP contribution in [-0.4, -0.2) is 37.2 Å². The third-order valence-corrected chi connectivity index (χ3v) is 14.1. The van der Waals surface area contributed by atoms with Crippen LogP contribution in [0.1, 0.15) is 303 Å². The molecule has 6 nitrogen and oxygen atoms in total. The van der Waals surface area contributed by atoms with E-state index in [4.69, 9.17) is 14.2 Å². The average Bonchev–Trinajstić information content (AvgIpc) is 3.47. The summed E-state index contributed by atoms with van der Waals surface area (Å²) in [7, 11) is 0. The predicted octanol–water partition coefficient (Wildman–Crippen LogP) is 23.3. The van der Waals surface area contributed by atoms with Gasteiger partial charge in [0.15, 0.2) is 6.10 Å². The molecule has 0 radical (unpaired) electrons. The molecule has 0 aliphatic carbocycles. The van der Waals surface area contributed by atoms with Crippen LogP contribution in [0.15, 0.2) is 134 Å². The standard InChI is InChI=1S/C75H124O6/c1-4-7-10-13-16-19-22-25-28-30-32-34-36-37-39-40-42-44-47-50-53-56-59-62-65-68-74(77)80-71-72(70-79-73(76)67-64-61-58-55-52-49-46-27-24-21-18-15-12-9-6-3)81-75(78)69-66-63-60-57-54-51-48-45-43-41-38-35-33-31-29-26-23-20-17-14-11-8-5-2/h7,9-10,12,16,18-19,21,23,25-28,31-34,38,41,46,52,55,72H,4-6,8,11,13-15,17,20,22,24,29-30,35-37,39-40,42-45,47-51,53-54,56-71H2,1-3H3/b10-7-,12-9-,19-16-,21-18-,26-23-,28-25-,33-31-,34-32-,41-38-,46-27-,55-52-. The molecule has 6 heteroatoms. The fourth-order valence-corrected chi connectivity index (χ4v) is 9.14. The normalized spacial score (nSPS) is 13.0. The van der Waals surface area contributed by atoms with Crippen LogP contribution in [0, 0.1) is 0 Å². The molecule has 0 aliphatic heterocycles. The highest BCUT2D eigenvalue weighted by Crippen LogP contribution is 2.16. The molecule has 81 heavy (non-hydrogen) atoms. The minimum Gasteiger partial charge on any atom is -0.462 e. The van der Waals surface area contributed by atoms with Crippen molar-refractivity contribution in [2.24, 2.45) is 0 Å². The Morgan fingerprint density at radius 2 is 0.481 bits per heavy atom. The van der Waals surface area contributed by atoms with Gasteiger partial charge in [0.1, 0.15) is 13.2 Å². The molecule has 460 valence electrons. The second kappa shape index (κ2) is 68.1. The second-order valence-electron chi connectivity index (χ2n) is 22.0. The Balaban J connectivity index is 4.40. The van der Waals surface area contributed by atoms with Gasteiger partial charge in [-0.05, 0) is 135 Å². The van der Waals surface area contributed by atoms with Crippen molar-refractivity contribution in [1.29, 1.82) is 0 Å². The van der Waals surface area contributed by atoms with Crippen molar-refractivity contribution in [2.45, 2.75) is 309 Å². The van der Waals surface area contributed by atoms with Crippen molar-refractivity contribution in [2.75, 3.05) is 13.2 Å². The van der Waals surface area contributed by atoms with Crippen LogP contribution in [0.4, 0.5) is 0 Å². The monoisotopic (exact) mass is 1120 g/mol. The number of allylic oxidation sites excluding steroid dienone is 22. The van der Waals surface area contributed by atoms with E-state index in [1.165, 1.54) is 135 Å². The summed E-state index contributed by atoms with van der Waals surface area (Å²) in [6.07, 6.45) is 96.1. The van der Waals surface area contributed by atoms with E-state index in [0.29, 0.717) is 19.3 Å². The molecule has 1 unspecified atom stereocenters. The summed E-state index contributed by atoms with van der Waals surface area (Å²) in [4.78, 5) is 38.4. The van der Waals surface area contributed by atoms with Gasteiger partial charge in [-0.2, -0.15) is 0 Å². The molecule has 0 aromatic carbocycles. The van der Waals surface area contributed by atoms with Crippen molar-refractivity contribution in [3.63, 3.8) is 0 Å². The van der Waals surface area contributed by atoms with Crippen molar-refractivity contribution in [3.8, 4) is 0 Å². The van der Waals surface area contributed by atoms with Gasteiger partial charge in [-0.25, -0.2) is 0 Å². The van der Waals surface area contributed by atoms with E-state index in [-0.39, 0.29) is 31.1 Å². The first-order valence-corrected chi connectivity index (χ1v) is 33.7. The van der Waals surface area contributed by atoms with Crippen LogP contribution in [0.5, 0.6) is 0 Å². The zero-order chi connectivity index (χ0) is 58.5. The third kappa shape index (κ3) is 66.2. The van der Waals surface area contributed by atoms with E-state index >= 15 is 0 Å². The number of carbonyl (C=O) groups excluding carboxylic acids is 3. The largest absolute Gasteiger partial charge is 0.462 e. The minimum absolute atomic E-state index is 0.0982. The third-order valence-electron chi connectivity index (χ3n) is 14.1. The van der Waals surface area contributed by atoms with Gasteiger partial charge in [0.2, 0.25) is 0 Å². The van der Waals surface area contributed by atoms with E-state index in [2.05, 4.69) is 154 Å². The molecule has 0 N–H and O–H groups in total. The number of unbranched alkanes of at least 4 members (excludes halogenated alkanes) is 27. The van der Waals surface area contributed by atoms with Crippen molar-refractivity contribution in [3.05, 3.63) is 134 Å². The Labute approximate surface area is 500 Å². The SMILES string of the molecule is CC/C=C\C/C=C\C/C=C\C/C=C\CCCCCCCCCCCCCCC(=O)OCC(COC(=O)CCCC/C=C\C/C=C\C/C=C\C/C=C\CC)OC(=O)CCCCCCCCCC/C=C\C/C=C\C/C=C\CCCCCCC. The molecule has 0 rings (SSSR count). The number of hydrogen-bond acceptors (Lipinski definition) is 6. The van der Waals surface area contributed by atoms with E-state index in [0.717, 1.165) is 128 Å². The van der Waals surface area contributed by atoms with Crippen molar-refractivity contribution < 1.29 is 28.6 Å². The van der Waals surface area contributed by atoms with Gasteiger partial charge in [0.05, 0.1) is 0 Å². The predicted molar refractivity (Wildman–Crippen MR) is 353 cm³/mol. The van der Waals surface area contributed by atoms with Gasteiger partial charge in [-0.15, -0.1) is 0 Å². The zero-order valence-corrected chi connectivity index (χ0v) is 52.8. The fourth-order valence-electron chi connectivity index (χ4n) is 9.14. The Kier molecular flexibility index (Phi) is 64.3. The van der Waals surface area contributed by atoms with E-state index in [1.807, 2.05) is 0 Å². The van der Waals surface area contributed by atoms with Crippen LogP contribution < -0.4 is 0 Å². The van der Waals surface area contributed by atoms with E-state index in [1.54, 1.807) is 0 Å². The molecule has 0 fully saturated rings. The van der Waals surface area contributed by atoms with E-state index < -0.39 is 6.10 Å². The number of carbonyl (C=O) groups is 3. The van der Waals surface area contributed by atoms with Crippen LogP contribution in [0.3, 0.4) is 0 Å². The molecule has 0 aromatic heterocycles. The highest BCUT2D eigenvalue weighted by molar-refractivity contribution is 5.71. The molecule has 0 heterocycles. The number of ether oxygens (including phenoxy) is 3. The van der Waals surface area contributed by atoms with Crippen LogP contribution in [0.2, 0.25) is 0 Å². The number of esters is 3. The lowest BCUT2D eigenvalue weighted by Gasteiger charge is -2.18. The van der Waals surface area contributed by atoms with Gasteiger partial charge in [0.25, 0.3) is 0 Å². The topological polar surface area (TPSA) is 78.9 Å². The minimum atomic E-state index is -0.806. The number of rotatable bonds is 60. The first-order chi connectivity index (χ1) is 40.0. The molecule has 0 saturated heterocycles. The highest BCUT2D eigenvalue weighted by atomic mass is 16.6. The number of hydrogen-bond donors (Lipinski definition) is 0. The van der Waals surface area contributed by atoms with Crippen molar-refractivity contribution in [1.82, 2.24) is 0 Å².